The van der Waals surface area contributed by atoms with Crippen LogP contribution in [0.3, 0.4) is 0 Å². The zero-order valence-electron chi connectivity index (χ0n) is 16.8. The Labute approximate surface area is 184 Å². The average Bonchev–Trinajstić information content (AvgIpc) is 2.74. The standard InChI is InChI=1S/C24H23BrN2O3/c1-16(2)30-22-12-11-19(14-21(22)25)24(29)27-20-10-6-9-18(13-20)23(28)26-15-17-7-4-3-5-8-17/h3-14,16H,15H2,1-2H3,(H,26,28)(H,27,29). The Bertz CT molecular complexity index is 1040. The van der Waals surface area contributed by atoms with Crippen LogP contribution in [0.5, 0.6) is 5.75 Å². The van der Waals surface area contributed by atoms with Gasteiger partial charge in [-0.25, -0.2) is 0 Å². The van der Waals surface area contributed by atoms with Gasteiger partial charge >= 0.3 is 0 Å². The number of anilines is 1. The summed E-state index contributed by atoms with van der Waals surface area (Å²) < 4.78 is 6.38. The van der Waals surface area contributed by atoms with E-state index in [2.05, 4.69) is 26.6 Å². The van der Waals surface area contributed by atoms with Crippen LogP contribution in [0.15, 0.2) is 77.3 Å². The zero-order chi connectivity index (χ0) is 21.5. The topological polar surface area (TPSA) is 67.4 Å². The molecule has 0 atom stereocenters. The third kappa shape index (κ3) is 5.94. The van der Waals surface area contributed by atoms with Crippen LogP contribution >= 0.6 is 15.9 Å². The molecule has 3 rings (SSSR count). The van der Waals surface area contributed by atoms with Gasteiger partial charge in [-0.05, 0) is 71.7 Å². The first-order chi connectivity index (χ1) is 14.4. The van der Waals surface area contributed by atoms with E-state index in [1.807, 2.05) is 44.2 Å². The van der Waals surface area contributed by atoms with Crippen LogP contribution in [0.2, 0.25) is 0 Å². The third-order valence-electron chi connectivity index (χ3n) is 4.24. The molecule has 2 N–H and O–H groups in total. The highest BCUT2D eigenvalue weighted by atomic mass is 79.9. The van der Waals surface area contributed by atoms with Gasteiger partial charge in [-0.15, -0.1) is 0 Å². The Morgan fingerprint density at radius 2 is 1.63 bits per heavy atom. The molecule has 0 aliphatic carbocycles. The van der Waals surface area contributed by atoms with Crippen LogP contribution in [-0.2, 0) is 6.54 Å². The van der Waals surface area contributed by atoms with Crippen LogP contribution in [0.4, 0.5) is 5.69 Å². The van der Waals surface area contributed by atoms with E-state index in [1.165, 1.54) is 0 Å². The van der Waals surface area contributed by atoms with E-state index in [0.29, 0.717) is 33.6 Å². The minimum atomic E-state index is -0.270. The summed E-state index contributed by atoms with van der Waals surface area (Å²) in [5.74, 6) is 0.208. The van der Waals surface area contributed by atoms with Gasteiger partial charge in [0, 0.05) is 23.4 Å². The van der Waals surface area contributed by atoms with E-state index in [9.17, 15) is 9.59 Å². The molecule has 6 heteroatoms. The Kier molecular flexibility index (Phi) is 7.25. The number of carbonyl (C=O) groups excluding carboxylic acids is 2. The predicted molar refractivity (Wildman–Crippen MR) is 122 cm³/mol. The normalized spacial score (nSPS) is 10.5. The molecule has 0 aliphatic heterocycles. The van der Waals surface area contributed by atoms with Crippen LogP contribution in [0, 0.1) is 0 Å². The largest absolute Gasteiger partial charge is 0.490 e. The highest BCUT2D eigenvalue weighted by Crippen LogP contribution is 2.27. The van der Waals surface area contributed by atoms with Gasteiger partial charge in [0.05, 0.1) is 10.6 Å². The van der Waals surface area contributed by atoms with Crippen molar-refractivity contribution in [3.63, 3.8) is 0 Å². The van der Waals surface area contributed by atoms with E-state index in [0.717, 1.165) is 5.56 Å². The second kappa shape index (κ2) is 10.1. The highest BCUT2D eigenvalue weighted by molar-refractivity contribution is 9.10. The maximum absolute atomic E-state index is 12.6. The first-order valence-corrected chi connectivity index (χ1v) is 10.4. The van der Waals surface area contributed by atoms with E-state index in [4.69, 9.17) is 4.74 Å². The van der Waals surface area contributed by atoms with E-state index >= 15 is 0 Å². The molecule has 2 amide bonds. The number of rotatable bonds is 7. The molecule has 0 saturated heterocycles. The first kappa shape index (κ1) is 21.6. The number of amides is 2. The van der Waals surface area contributed by atoms with Gasteiger partial charge in [0.1, 0.15) is 5.75 Å². The smallest absolute Gasteiger partial charge is 0.255 e. The average molecular weight is 467 g/mol. The van der Waals surface area contributed by atoms with E-state index < -0.39 is 0 Å². The Morgan fingerprint density at radius 3 is 2.33 bits per heavy atom. The third-order valence-corrected chi connectivity index (χ3v) is 4.85. The molecule has 154 valence electrons. The maximum atomic E-state index is 12.6. The van der Waals surface area contributed by atoms with E-state index in [-0.39, 0.29) is 17.9 Å². The second-order valence-electron chi connectivity index (χ2n) is 7.02. The van der Waals surface area contributed by atoms with Crippen LogP contribution in [0.25, 0.3) is 0 Å². The number of halogens is 1. The van der Waals surface area contributed by atoms with Crippen molar-refractivity contribution in [1.82, 2.24) is 5.32 Å². The molecule has 0 spiro atoms. The van der Waals surface area contributed by atoms with Gasteiger partial charge in [-0.2, -0.15) is 0 Å². The molecular formula is C24H23BrN2O3. The number of nitrogens with one attached hydrogen (secondary N) is 2. The minimum Gasteiger partial charge on any atom is -0.490 e. The molecular weight excluding hydrogens is 444 g/mol. The molecule has 0 saturated carbocycles. The fourth-order valence-electron chi connectivity index (χ4n) is 2.81. The fourth-order valence-corrected chi connectivity index (χ4v) is 3.29. The lowest BCUT2D eigenvalue weighted by Crippen LogP contribution is -2.23. The second-order valence-corrected chi connectivity index (χ2v) is 7.87. The summed E-state index contributed by atoms with van der Waals surface area (Å²) >= 11 is 3.44. The zero-order valence-corrected chi connectivity index (χ0v) is 18.4. The van der Waals surface area contributed by atoms with Crippen molar-refractivity contribution in [2.45, 2.75) is 26.5 Å². The van der Waals surface area contributed by atoms with Gasteiger partial charge in [0.25, 0.3) is 11.8 Å². The fraction of sp³-hybridized carbons (Fsp3) is 0.167. The molecule has 3 aromatic carbocycles. The molecule has 3 aromatic rings. The van der Waals surface area contributed by atoms with Gasteiger partial charge in [-0.3, -0.25) is 9.59 Å². The summed E-state index contributed by atoms with van der Waals surface area (Å²) in [6.45, 7) is 4.32. The monoisotopic (exact) mass is 466 g/mol. The van der Waals surface area contributed by atoms with Crippen LogP contribution in [-0.4, -0.2) is 17.9 Å². The molecule has 0 bridgehead atoms. The summed E-state index contributed by atoms with van der Waals surface area (Å²) in [7, 11) is 0. The van der Waals surface area contributed by atoms with Crippen molar-refractivity contribution in [3.8, 4) is 5.75 Å². The van der Waals surface area contributed by atoms with Gasteiger partial charge in [-0.1, -0.05) is 36.4 Å². The van der Waals surface area contributed by atoms with Crippen molar-refractivity contribution in [3.05, 3.63) is 94.0 Å². The Morgan fingerprint density at radius 1 is 0.900 bits per heavy atom. The summed E-state index contributed by atoms with van der Waals surface area (Å²) in [4.78, 5) is 25.1. The minimum absolute atomic E-state index is 0.0387. The molecule has 30 heavy (non-hydrogen) atoms. The van der Waals surface area contributed by atoms with Gasteiger partial charge < -0.3 is 15.4 Å². The number of hydrogen-bond acceptors (Lipinski definition) is 3. The van der Waals surface area contributed by atoms with Crippen molar-refractivity contribution >= 4 is 33.4 Å². The number of benzene rings is 3. The lowest BCUT2D eigenvalue weighted by atomic mass is 10.1. The van der Waals surface area contributed by atoms with Crippen molar-refractivity contribution < 1.29 is 14.3 Å². The van der Waals surface area contributed by atoms with Gasteiger partial charge in [0.15, 0.2) is 0 Å². The molecule has 0 fully saturated rings. The lowest BCUT2D eigenvalue weighted by Gasteiger charge is -2.13. The number of carbonyl (C=O) groups is 2. The molecule has 0 heterocycles. The van der Waals surface area contributed by atoms with Crippen LogP contribution in [0.1, 0.15) is 40.1 Å². The summed E-state index contributed by atoms with van der Waals surface area (Å²) in [6.07, 6.45) is 0.0387. The highest BCUT2D eigenvalue weighted by Gasteiger charge is 2.12. The molecule has 0 radical (unpaired) electrons. The Hall–Kier alpha value is -3.12. The lowest BCUT2D eigenvalue weighted by molar-refractivity contribution is 0.0949. The Balaban J connectivity index is 1.65. The van der Waals surface area contributed by atoms with E-state index in [1.54, 1.807) is 42.5 Å². The van der Waals surface area contributed by atoms with Crippen molar-refractivity contribution in [2.24, 2.45) is 0 Å². The summed E-state index contributed by atoms with van der Waals surface area (Å²) in [5.41, 5.74) is 2.53. The van der Waals surface area contributed by atoms with Gasteiger partial charge in [0.2, 0.25) is 0 Å². The quantitative estimate of drug-likeness (QED) is 0.488. The number of ether oxygens (including phenoxy) is 1. The molecule has 0 aromatic heterocycles. The maximum Gasteiger partial charge on any atom is 0.255 e. The number of hydrogen-bond donors (Lipinski definition) is 2. The molecule has 5 nitrogen and oxygen atoms in total. The predicted octanol–water partition coefficient (Wildman–Crippen LogP) is 5.42. The summed E-state index contributed by atoms with van der Waals surface area (Å²) in [5, 5.41) is 5.72. The SMILES string of the molecule is CC(C)Oc1ccc(C(=O)Nc2cccc(C(=O)NCc3ccccc3)c2)cc1Br. The van der Waals surface area contributed by atoms with Crippen molar-refractivity contribution in [1.29, 1.82) is 0 Å². The molecule has 0 aliphatic rings. The summed E-state index contributed by atoms with van der Waals surface area (Å²) in [6, 6.07) is 21.7. The van der Waals surface area contributed by atoms with Crippen molar-refractivity contribution in [2.75, 3.05) is 5.32 Å². The first-order valence-electron chi connectivity index (χ1n) is 9.62. The molecule has 0 unspecified atom stereocenters. The van der Waals surface area contributed by atoms with Crippen LogP contribution < -0.4 is 15.4 Å².